The SMILES string of the molecule is O=C([O-])c1cccc(C2=C(c3cc(F)ccc3OCc3ccc(C(F)(F)F)cc3)CCC2)n1. The molecule has 8 heteroatoms. The minimum Gasteiger partial charge on any atom is -0.543 e. The zero-order chi connectivity index (χ0) is 23.6. The van der Waals surface area contributed by atoms with E-state index in [2.05, 4.69) is 4.98 Å². The second-order valence-electron chi connectivity index (χ2n) is 7.63. The summed E-state index contributed by atoms with van der Waals surface area (Å²) in [4.78, 5) is 15.3. The number of halogens is 4. The molecule has 1 heterocycles. The van der Waals surface area contributed by atoms with Gasteiger partial charge in [0, 0.05) is 5.56 Å². The third kappa shape index (κ3) is 5.05. The Morgan fingerprint density at radius 1 is 1.00 bits per heavy atom. The second-order valence-corrected chi connectivity index (χ2v) is 7.63. The van der Waals surface area contributed by atoms with Crippen LogP contribution >= 0.6 is 0 Å². The van der Waals surface area contributed by atoms with Crippen LogP contribution in [0.25, 0.3) is 11.1 Å². The Kier molecular flexibility index (Phi) is 6.18. The molecule has 0 aliphatic heterocycles. The summed E-state index contributed by atoms with van der Waals surface area (Å²) in [7, 11) is 0. The van der Waals surface area contributed by atoms with Gasteiger partial charge in [-0.15, -0.1) is 0 Å². The number of rotatable bonds is 6. The third-order valence-electron chi connectivity index (χ3n) is 5.43. The maximum Gasteiger partial charge on any atom is 0.416 e. The summed E-state index contributed by atoms with van der Waals surface area (Å²) in [5, 5.41) is 11.2. The number of hydrogen-bond donors (Lipinski definition) is 0. The Balaban J connectivity index is 1.65. The van der Waals surface area contributed by atoms with E-state index in [4.69, 9.17) is 4.74 Å². The number of hydrogen-bond acceptors (Lipinski definition) is 4. The van der Waals surface area contributed by atoms with Crippen molar-refractivity contribution in [2.24, 2.45) is 0 Å². The molecule has 0 atom stereocenters. The maximum absolute atomic E-state index is 14.1. The van der Waals surface area contributed by atoms with Crippen molar-refractivity contribution in [2.45, 2.75) is 32.0 Å². The molecule has 0 fully saturated rings. The Morgan fingerprint density at radius 3 is 2.42 bits per heavy atom. The average Bonchev–Trinajstić information content (AvgIpc) is 3.28. The van der Waals surface area contributed by atoms with Crippen molar-refractivity contribution < 1.29 is 32.2 Å². The van der Waals surface area contributed by atoms with E-state index in [1.165, 1.54) is 36.4 Å². The number of carboxylic acids is 1. The summed E-state index contributed by atoms with van der Waals surface area (Å²) in [5.74, 6) is -1.48. The number of allylic oxidation sites excluding steroid dienone is 2. The van der Waals surface area contributed by atoms with Gasteiger partial charge in [0.15, 0.2) is 0 Å². The van der Waals surface area contributed by atoms with Gasteiger partial charge >= 0.3 is 6.18 Å². The maximum atomic E-state index is 14.1. The van der Waals surface area contributed by atoms with E-state index in [9.17, 15) is 27.5 Å². The fraction of sp³-hybridized carbons (Fsp3) is 0.200. The summed E-state index contributed by atoms with van der Waals surface area (Å²) in [5.41, 5.74) is 2.16. The standard InChI is InChI=1S/C25H19F4NO3/c26-17-11-12-23(33-14-15-7-9-16(10-8-15)25(27,28)29)20(13-17)18-3-1-4-19(18)21-5-2-6-22(30-21)24(31)32/h2,5-13H,1,3-4,14H2,(H,31,32)/p-1. The van der Waals surface area contributed by atoms with E-state index in [0.29, 0.717) is 35.4 Å². The van der Waals surface area contributed by atoms with Crippen LogP contribution < -0.4 is 9.84 Å². The van der Waals surface area contributed by atoms with Crippen LogP contribution in [-0.2, 0) is 12.8 Å². The van der Waals surface area contributed by atoms with Crippen LogP contribution in [0, 0.1) is 5.82 Å². The molecule has 4 nitrogen and oxygen atoms in total. The summed E-state index contributed by atoms with van der Waals surface area (Å²) in [6.45, 7) is -0.00218. The lowest BCUT2D eigenvalue weighted by Crippen LogP contribution is -2.23. The Bertz CT molecular complexity index is 1220. The van der Waals surface area contributed by atoms with Crippen LogP contribution in [0.2, 0.25) is 0 Å². The van der Waals surface area contributed by atoms with Gasteiger partial charge in [0.1, 0.15) is 18.2 Å². The van der Waals surface area contributed by atoms with Gasteiger partial charge in [-0.25, -0.2) is 9.37 Å². The summed E-state index contributed by atoms with van der Waals surface area (Å²) in [6, 6.07) is 13.3. The molecule has 1 aromatic heterocycles. The van der Waals surface area contributed by atoms with Crippen LogP contribution in [0.5, 0.6) is 5.75 Å². The molecular weight excluding hydrogens is 438 g/mol. The molecule has 33 heavy (non-hydrogen) atoms. The Labute approximate surface area is 187 Å². The highest BCUT2D eigenvalue weighted by Gasteiger charge is 2.30. The summed E-state index contributed by atoms with van der Waals surface area (Å²) >= 11 is 0. The minimum atomic E-state index is -4.42. The summed E-state index contributed by atoms with van der Waals surface area (Å²) in [6.07, 6.45) is -2.39. The van der Waals surface area contributed by atoms with Crippen molar-refractivity contribution in [3.63, 3.8) is 0 Å². The molecule has 0 saturated heterocycles. The number of aromatic carboxylic acids is 1. The first kappa shape index (κ1) is 22.5. The van der Waals surface area contributed by atoms with Gasteiger partial charge in [-0.2, -0.15) is 13.2 Å². The number of ether oxygens (including phenoxy) is 1. The van der Waals surface area contributed by atoms with Gasteiger partial charge < -0.3 is 14.6 Å². The highest BCUT2D eigenvalue weighted by molar-refractivity contribution is 5.94. The number of nitrogens with zero attached hydrogens (tertiary/aromatic N) is 1. The topological polar surface area (TPSA) is 62.2 Å². The van der Waals surface area contributed by atoms with Crippen molar-refractivity contribution in [1.82, 2.24) is 4.98 Å². The van der Waals surface area contributed by atoms with Crippen LogP contribution in [0.15, 0.2) is 60.7 Å². The van der Waals surface area contributed by atoms with Crippen molar-refractivity contribution in [3.8, 4) is 5.75 Å². The van der Waals surface area contributed by atoms with Crippen molar-refractivity contribution >= 4 is 17.1 Å². The zero-order valence-electron chi connectivity index (χ0n) is 17.3. The highest BCUT2D eigenvalue weighted by Crippen LogP contribution is 2.42. The number of carbonyl (C=O) groups is 1. The first-order chi connectivity index (χ1) is 15.7. The third-order valence-corrected chi connectivity index (χ3v) is 5.43. The molecule has 0 spiro atoms. The predicted octanol–water partition coefficient (Wildman–Crippen LogP) is 5.28. The normalized spacial score (nSPS) is 13.9. The molecule has 0 bridgehead atoms. The molecule has 1 aliphatic carbocycles. The quantitative estimate of drug-likeness (QED) is 0.474. The van der Waals surface area contributed by atoms with E-state index in [1.807, 2.05) is 0 Å². The lowest BCUT2D eigenvalue weighted by Gasteiger charge is -2.15. The summed E-state index contributed by atoms with van der Waals surface area (Å²) < 4.78 is 58.3. The molecule has 2 aromatic carbocycles. The van der Waals surface area contributed by atoms with E-state index < -0.39 is 23.5 Å². The van der Waals surface area contributed by atoms with Crippen molar-refractivity contribution in [1.29, 1.82) is 0 Å². The van der Waals surface area contributed by atoms with Gasteiger partial charge in [-0.1, -0.05) is 18.2 Å². The zero-order valence-corrected chi connectivity index (χ0v) is 17.3. The number of benzene rings is 2. The fourth-order valence-corrected chi connectivity index (χ4v) is 3.86. The molecule has 0 N–H and O–H groups in total. The number of carboxylic acid groups (broad SMARTS) is 1. The molecule has 3 aromatic rings. The largest absolute Gasteiger partial charge is 0.543 e. The molecule has 1 aliphatic rings. The Hall–Kier alpha value is -3.68. The molecule has 0 amide bonds. The number of aromatic nitrogens is 1. The molecule has 0 radical (unpaired) electrons. The van der Waals surface area contributed by atoms with E-state index in [0.717, 1.165) is 29.7 Å². The highest BCUT2D eigenvalue weighted by atomic mass is 19.4. The molecule has 0 saturated carbocycles. The number of pyridine rings is 1. The number of carbonyl (C=O) groups excluding carboxylic acids is 1. The first-order valence-electron chi connectivity index (χ1n) is 10.2. The van der Waals surface area contributed by atoms with Crippen LogP contribution in [0.1, 0.15) is 52.1 Å². The fourth-order valence-electron chi connectivity index (χ4n) is 3.86. The average molecular weight is 456 g/mol. The van der Waals surface area contributed by atoms with E-state index in [1.54, 1.807) is 12.1 Å². The minimum absolute atomic E-state index is 0.00218. The predicted molar refractivity (Wildman–Crippen MR) is 111 cm³/mol. The van der Waals surface area contributed by atoms with Crippen molar-refractivity contribution in [3.05, 3.63) is 94.6 Å². The molecule has 170 valence electrons. The van der Waals surface area contributed by atoms with Gasteiger partial charge in [0.25, 0.3) is 0 Å². The molecular formula is C25H18F4NO3-. The monoisotopic (exact) mass is 456 g/mol. The smallest absolute Gasteiger partial charge is 0.416 e. The Morgan fingerprint density at radius 2 is 1.73 bits per heavy atom. The van der Waals surface area contributed by atoms with Crippen LogP contribution in [0.3, 0.4) is 0 Å². The van der Waals surface area contributed by atoms with E-state index in [-0.39, 0.29) is 12.3 Å². The van der Waals surface area contributed by atoms with Crippen molar-refractivity contribution in [2.75, 3.05) is 0 Å². The van der Waals surface area contributed by atoms with Gasteiger partial charge in [-0.3, -0.25) is 0 Å². The van der Waals surface area contributed by atoms with Crippen LogP contribution in [-0.4, -0.2) is 11.0 Å². The second kappa shape index (κ2) is 9.05. The lowest BCUT2D eigenvalue weighted by atomic mass is 9.98. The number of alkyl halides is 3. The first-order valence-corrected chi connectivity index (χ1v) is 10.2. The molecule has 4 rings (SSSR count). The van der Waals surface area contributed by atoms with Gasteiger partial charge in [0.05, 0.1) is 22.9 Å². The van der Waals surface area contributed by atoms with Crippen LogP contribution in [0.4, 0.5) is 17.6 Å². The van der Waals surface area contributed by atoms with Gasteiger partial charge in [0.2, 0.25) is 0 Å². The molecule has 0 unspecified atom stereocenters. The van der Waals surface area contributed by atoms with E-state index >= 15 is 0 Å². The lowest BCUT2D eigenvalue weighted by molar-refractivity contribution is -0.255. The van der Waals surface area contributed by atoms with Gasteiger partial charge in [-0.05, 0) is 78.4 Å².